The number of aromatic nitrogens is 2. The second-order valence-corrected chi connectivity index (χ2v) is 8.28. The molecule has 2 heterocycles. The Bertz CT molecular complexity index is 1010. The quantitative estimate of drug-likeness (QED) is 0.640. The largest absolute Gasteiger partial charge is 0.330 e. The van der Waals surface area contributed by atoms with Gasteiger partial charge in [-0.3, -0.25) is 14.6 Å². The maximum Gasteiger partial charge on any atom is 0.238 e. The zero-order chi connectivity index (χ0) is 21.6. The van der Waals surface area contributed by atoms with E-state index < -0.39 is 0 Å². The summed E-state index contributed by atoms with van der Waals surface area (Å²) in [6, 6.07) is 16.4. The molecule has 0 unspecified atom stereocenters. The van der Waals surface area contributed by atoms with Crippen LogP contribution in [0.4, 0.5) is 5.69 Å². The highest BCUT2D eigenvalue weighted by Gasteiger charge is 2.19. The Hall–Kier alpha value is -2.96. The molecule has 1 N–H and O–H groups in total. The van der Waals surface area contributed by atoms with Crippen LogP contribution in [-0.2, 0) is 11.3 Å². The van der Waals surface area contributed by atoms with E-state index in [1.807, 2.05) is 42.6 Å². The van der Waals surface area contributed by atoms with Gasteiger partial charge in [0.15, 0.2) is 0 Å². The lowest BCUT2D eigenvalue weighted by molar-refractivity contribution is -0.117. The molecule has 0 bridgehead atoms. The van der Waals surface area contributed by atoms with Gasteiger partial charge in [-0.15, -0.1) is 0 Å². The molecule has 0 radical (unpaired) electrons. The summed E-state index contributed by atoms with van der Waals surface area (Å²) in [4.78, 5) is 21.7. The molecule has 6 heteroatoms. The van der Waals surface area contributed by atoms with Crippen molar-refractivity contribution in [2.75, 3.05) is 44.6 Å². The van der Waals surface area contributed by atoms with E-state index in [1.165, 1.54) is 11.1 Å². The van der Waals surface area contributed by atoms with Crippen molar-refractivity contribution >= 4 is 11.6 Å². The summed E-state index contributed by atoms with van der Waals surface area (Å²) in [5.41, 5.74) is 4.45. The summed E-state index contributed by atoms with van der Waals surface area (Å²) < 4.78 is 2.22. The van der Waals surface area contributed by atoms with Crippen LogP contribution in [-0.4, -0.2) is 64.5 Å². The summed E-state index contributed by atoms with van der Waals surface area (Å²) in [7, 11) is 0. The van der Waals surface area contributed by atoms with Crippen molar-refractivity contribution in [3.8, 4) is 11.4 Å². The molecule has 1 saturated heterocycles. The summed E-state index contributed by atoms with van der Waals surface area (Å²) in [5.74, 6) is 1.07. The smallest absolute Gasteiger partial charge is 0.238 e. The van der Waals surface area contributed by atoms with Gasteiger partial charge in [0.1, 0.15) is 5.82 Å². The zero-order valence-electron chi connectivity index (χ0n) is 18.4. The predicted molar refractivity (Wildman–Crippen MR) is 125 cm³/mol. The van der Waals surface area contributed by atoms with Crippen molar-refractivity contribution < 1.29 is 4.79 Å². The Morgan fingerprint density at radius 1 is 0.935 bits per heavy atom. The number of nitrogens with zero attached hydrogens (tertiary/aromatic N) is 4. The first-order valence-corrected chi connectivity index (χ1v) is 11.0. The number of hydrogen-bond acceptors (Lipinski definition) is 4. The molecule has 0 spiro atoms. The van der Waals surface area contributed by atoms with Gasteiger partial charge in [0, 0.05) is 62.9 Å². The van der Waals surface area contributed by atoms with E-state index in [0.29, 0.717) is 6.54 Å². The predicted octanol–water partition coefficient (Wildman–Crippen LogP) is 3.42. The van der Waals surface area contributed by atoms with E-state index in [-0.39, 0.29) is 5.91 Å². The first kappa shape index (κ1) is 21.3. The maximum absolute atomic E-state index is 12.4. The van der Waals surface area contributed by atoms with Gasteiger partial charge in [0.05, 0.1) is 6.54 Å². The van der Waals surface area contributed by atoms with Crippen molar-refractivity contribution in [1.82, 2.24) is 19.4 Å². The molecule has 0 aliphatic carbocycles. The Morgan fingerprint density at radius 3 is 2.42 bits per heavy atom. The Kier molecular flexibility index (Phi) is 6.79. The third-order valence-corrected chi connectivity index (χ3v) is 6.03. The van der Waals surface area contributed by atoms with Crippen molar-refractivity contribution in [1.29, 1.82) is 0 Å². The number of nitrogens with one attached hydrogen (secondary N) is 1. The fraction of sp³-hybridized carbons (Fsp3) is 0.360. The molecular weight excluding hydrogens is 386 g/mol. The minimum Gasteiger partial charge on any atom is -0.330 e. The van der Waals surface area contributed by atoms with E-state index in [4.69, 9.17) is 0 Å². The number of hydrogen-bond donors (Lipinski definition) is 1. The normalized spacial score (nSPS) is 15.2. The van der Waals surface area contributed by atoms with Gasteiger partial charge in [0.25, 0.3) is 0 Å². The van der Waals surface area contributed by atoms with Crippen LogP contribution in [0, 0.1) is 13.8 Å². The van der Waals surface area contributed by atoms with Crippen molar-refractivity contribution in [3.05, 3.63) is 72.1 Å². The van der Waals surface area contributed by atoms with E-state index in [9.17, 15) is 4.79 Å². The maximum atomic E-state index is 12.4. The van der Waals surface area contributed by atoms with Gasteiger partial charge in [-0.1, -0.05) is 36.4 Å². The van der Waals surface area contributed by atoms with Crippen LogP contribution in [0.2, 0.25) is 0 Å². The number of benzene rings is 2. The highest BCUT2D eigenvalue weighted by Crippen LogP contribution is 2.17. The molecule has 31 heavy (non-hydrogen) atoms. The molecule has 1 amide bonds. The average molecular weight is 418 g/mol. The van der Waals surface area contributed by atoms with Crippen LogP contribution in [0.5, 0.6) is 0 Å². The molecule has 1 aliphatic heterocycles. The molecule has 1 aromatic heterocycles. The lowest BCUT2D eigenvalue weighted by Crippen LogP contribution is -2.49. The second-order valence-electron chi connectivity index (χ2n) is 8.28. The van der Waals surface area contributed by atoms with Gasteiger partial charge in [-0.05, 0) is 37.1 Å². The highest BCUT2D eigenvalue weighted by atomic mass is 16.2. The number of imidazole rings is 1. The average Bonchev–Trinajstić information content (AvgIpc) is 3.25. The SMILES string of the molecule is Cc1ccc(NC(=O)CN2CCN(CCn3ccnc3-c3ccccc3)CC2)cc1C. The highest BCUT2D eigenvalue weighted by molar-refractivity contribution is 5.92. The lowest BCUT2D eigenvalue weighted by atomic mass is 10.1. The van der Waals surface area contributed by atoms with E-state index >= 15 is 0 Å². The molecule has 6 nitrogen and oxygen atoms in total. The van der Waals surface area contributed by atoms with Gasteiger partial charge in [0.2, 0.25) is 5.91 Å². The molecule has 0 saturated carbocycles. The standard InChI is InChI=1S/C25H31N5O/c1-20-8-9-23(18-21(20)2)27-24(31)19-29-14-12-28(13-15-29)16-17-30-11-10-26-25(30)22-6-4-3-5-7-22/h3-11,18H,12-17,19H2,1-2H3,(H,27,31). The summed E-state index contributed by atoms with van der Waals surface area (Å²) >= 11 is 0. The molecule has 1 aliphatic rings. The van der Waals surface area contributed by atoms with Gasteiger partial charge in [-0.25, -0.2) is 4.98 Å². The molecule has 4 rings (SSSR count). The molecule has 1 fully saturated rings. The molecular formula is C25H31N5O. The van der Waals surface area contributed by atoms with Crippen molar-refractivity contribution in [3.63, 3.8) is 0 Å². The van der Waals surface area contributed by atoms with E-state index in [0.717, 1.165) is 56.3 Å². The first-order chi connectivity index (χ1) is 15.1. The van der Waals surface area contributed by atoms with Crippen molar-refractivity contribution in [2.45, 2.75) is 20.4 Å². The second kappa shape index (κ2) is 9.90. The van der Waals surface area contributed by atoms with Crippen LogP contribution in [0.1, 0.15) is 11.1 Å². The van der Waals surface area contributed by atoms with Crippen LogP contribution in [0.3, 0.4) is 0 Å². The molecule has 2 aromatic carbocycles. The topological polar surface area (TPSA) is 53.4 Å². The summed E-state index contributed by atoms with van der Waals surface area (Å²) in [6.45, 7) is 10.3. The minimum absolute atomic E-state index is 0.0580. The molecule has 0 atom stereocenters. The van der Waals surface area contributed by atoms with Crippen molar-refractivity contribution in [2.24, 2.45) is 0 Å². The van der Waals surface area contributed by atoms with Crippen LogP contribution in [0.15, 0.2) is 60.9 Å². The number of anilines is 1. The molecule has 3 aromatic rings. The van der Waals surface area contributed by atoms with Crippen LogP contribution < -0.4 is 5.32 Å². The van der Waals surface area contributed by atoms with Gasteiger partial charge < -0.3 is 9.88 Å². The summed E-state index contributed by atoms with van der Waals surface area (Å²) in [6.07, 6.45) is 3.92. The third kappa shape index (κ3) is 5.60. The van der Waals surface area contributed by atoms with Gasteiger partial charge >= 0.3 is 0 Å². The zero-order valence-corrected chi connectivity index (χ0v) is 18.4. The third-order valence-electron chi connectivity index (χ3n) is 6.03. The van der Waals surface area contributed by atoms with Gasteiger partial charge in [-0.2, -0.15) is 0 Å². The lowest BCUT2D eigenvalue weighted by Gasteiger charge is -2.34. The molecule has 162 valence electrons. The number of carbonyl (C=O) groups excluding carboxylic acids is 1. The Labute approximate surface area is 184 Å². The number of aryl methyl sites for hydroxylation is 2. The number of piperazine rings is 1. The fourth-order valence-corrected chi connectivity index (χ4v) is 3.98. The first-order valence-electron chi connectivity index (χ1n) is 11.0. The van der Waals surface area contributed by atoms with E-state index in [2.05, 4.69) is 56.8 Å². The summed E-state index contributed by atoms with van der Waals surface area (Å²) in [5, 5.41) is 3.03. The monoisotopic (exact) mass is 417 g/mol. The number of amides is 1. The number of rotatable bonds is 7. The Balaban J connectivity index is 1.22. The minimum atomic E-state index is 0.0580. The fourth-order valence-electron chi connectivity index (χ4n) is 3.98. The van der Waals surface area contributed by atoms with E-state index in [1.54, 1.807) is 0 Å². The van der Waals surface area contributed by atoms with Crippen LogP contribution >= 0.6 is 0 Å². The number of carbonyl (C=O) groups is 1. The van der Waals surface area contributed by atoms with Crippen LogP contribution in [0.25, 0.3) is 11.4 Å². The Morgan fingerprint density at radius 2 is 1.68 bits per heavy atom.